The smallest absolute Gasteiger partial charge is 0.255 e. The van der Waals surface area contributed by atoms with Gasteiger partial charge < -0.3 is 14.4 Å². The predicted molar refractivity (Wildman–Crippen MR) is 117 cm³/mol. The molecule has 0 N–H and O–H groups in total. The predicted octanol–water partition coefficient (Wildman–Crippen LogP) is 3.53. The molecule has 7 nitrogen and oxygen atoms in total. The van der Waals surface area contributed by atoms with Gasteiger partial charge in [-0.05, 0) is 42.5 Å². The fourth-order valence-electron chi connectivity index (χ4n) is 2.82. The van der Waals surface area contributed by atoms with E-state index in [4.69, 9.17) is 21.1 Å². The van der Waals surface area contributed by atoms with Crippen LogP contribution in [0.2, 0.25) is 5.02 Å². The van der Waals surface area contributed by atoms with Gasteiger partial charge in [-0.15, -0.1) is 0 Å². The number of halogens is 1. The van der Waals surface area contributed by atoms with Gasteiger partial charge in [0.1, 0.15) is 18.1 Å². The van der Waals surface area contributed by atoms with Crippen LogP contribution in [0, 0.1) is 0 Å². The van der Waals surface area contributed by atoms with Crippen molar-refractivity contribution in [3.05, 3.63) is 53.1 Å². The van der Waals surface area contributed by atoms with Crippen LogP contribution in [0.4, 0.5) is 0 Å². The molecule has 9 heteroatoms. The van der Waals surface area contributed by atoms with Gasteiger partial charge in [-0.2, -0.15) is 4.31 Å². The van der Waals surface area contributed by atoms with Crippen molar-refractivity contribution in [3.8, 4) is 11.5 Å². The van der Waals surface area contributed by atoms with Crippen molar-refractivity contribution < 1.29 is 22.7 Å². The Bertz CT molecular complexity index is 960. The van der Waals surface area contributed by atoms with E-state index in [-0.39, 0.29) is 28.0 Å². The van der Waals surface area contributed by atoms with E-state index < -0.39 is 10.0 Å². The quantitative estimate of drug-likeness (QED) is 0.549. The summed E-state index contributed by atoms with van der Waals surface area (Å²) in [5, 5.41) is 0.196. The number of hydrogen-bond donors (Lipinski definition) is 0. The highest BCUT2D eigenvalue weighted by atomic mass is 35.5. The Kier molecular flexibility index (Phi) is 8.52. The molecule has 0 heterocycles. The molecule has 0 radical (unpaired) electrons. The molecular weight excluding hydrogens is 428 g/mol. The summed E-state index contributed by atoms with van der Waals surface area (Å²) >= 11 is 6.19. The van der Waals surface area contributed by atoms with E-state index in [0.29, 0.717) is 25.4 Å². The Morgan fingerprint density at radius 3 is 2.20 bits per heavy atom. The SMILES string of the molecule is CCN(CC)S(=O)(=O)c1ccc(Cl)c(C(=O)N(C)CCOc2ccc(OC)cc2)c1. The van der Waals surface area contributed by atoms with Gasteiger partial charge in [0, 0.05) is 20.1 Å². The molecule has 0 saturated carbocycles. The van der Waals surface area contributed by atoms with Crippen molar-refractivity contribution in [2.45, 2.75) is 18.7 Å². The van der Waals surface area contributed by atoms with E-state index in [9.17, 15) is 13.2 Å². The third-order valence-electron chi connectivity index (χ3n) is 4.61. The number of benzene rings is 2. The normalized spacial score (nSPS) is 11.4. The zero-order valence-corrected chi connectivity index (χ0v) is 19.2. The van der Waals surface area contributed by atoms with E-state index in [1.807, 2.05) is 0 Å². The Balaban J connectivity index is 2.09. The fraction of sp³-hybridized carbons (Fsp3) is 0.381. The van der Waals surface area contributed by atoms with Gasteiger partial charge >= 0.3 is 0 Å². The highest BCUT2D eigenvalue weighted by molar-refractivity contribution is 7.89. The second-order valence-electron chi connectivity index (χ2n) is 6.48. The molecule has 0 aliphatic carbocycles. The molecule has 0 aliphatic heterocycles. The van der Waals surface area contributed by atoms with Crippen molar-refractivity contribution in [1.29, 1.82) is 0 Å². The van der Waals surface area contributed by atoms with Gasteiger partial charge in [0.2, 0.25) is 10.0 Å². The number of carbonyl (C=O) groups excluding carboxylic acids is 1. The van der Waals surface area contributed by atoms with Crippen molar-refractivity contribution in [2.75, 3.05) is 40.4 Å². The van der Waals surface area contributed by atoms with E-state index in [1.54, 1.807) is 52.3 Å². The average molecular weight is 455 g/mol. The minimum absolute atomic E-state index is 0.0434. The zero-order valence-electron chi connectivity index (χ0n) is 17.6. The number of methoxy groups -OCH3 is 1. The zero-order chi connectivity index (χ0) is 22.3. The van der Waals surface area contributed by atoms with E-state index in [2.05, 4.69) is 0 Å². The first-order valence-corrected chi connectivity index (χ1v) is 11.4. The summed E-state index contributed by atoms with van der Waals surface area (Å²) in [6, 6.07) is 11.3. The van der Waals surface area contributed by atoms with Gasteiger partial charge in [-0.3, -0.25) is 4.79 Å². The minimum atomic E-state index is -3.69. The van der Waals surface area contributed by atoms with E-state index in [1.165, 1.54) is 27.4 Å². The Morgan fingerprint density at radius 1 is 1.03 bits per heavy atom. The summed E-state index contributed by atoms with van der Waals surface area (Å²) in [6.45, 7) is 4.78. The summed E-state index contributed by atoms with van der Waals surface area (Å²) in [5.74, 6) is 1.00. The monoisotopic (exact) mass is 454 g/mol. The van der Waals surface area contributed by atoms with Gasteiger partial charge in [0.05, 0.1) is 29.1 Å². The van der Waals surface area contributed by atoms with Gasteiger partial charge in [0.15, 0.2) is 0 Å². The Morgan fingerprint density at radius 2 is 1.63 bits per heavy atom. The third kappa shape index (κ3) is 5.65. The molecule has 1 amide bonds. The average Bonchev–Trinajstić information content (AvgIpc) is 2.74. The van der Waals surface area contributed by atoms with Crippen LogP contribution < -0.4 is 9.47 Å². The van der Waals surface area contributed by atoms with Gasteiger partial charge in [-0.1, -0.05) is 25.4 Å². The summed E-state index contributed by atoms with van der Waals surface area (Å²) in [7, 11) is -0.490. The molecule has 2 aromatic carbocycles. The third-order valence-corrected chi connectivity index (χ3v) is 6.99. The molecule has 164 valence electrons. The number of likely N-dealkylation sites (N-methyl/N-ethyl adjacent to an activating group) is 1. The molecule has 2 rings (SSSR count). The van der Waals surface area contributed by atoms with Crippen LogP contribution in [0.1, 0.15) is 24.2 Å². The van der Waals surface area contributed by atoms with Crippen molar-refractivity contribution in [2.24, 2.45) is 0 Å². The molecule has 30 heavy (non-hydrogen) atoms. The Hall–Kier alpha value is -2.29. The molecule has 0 saturated heterocycles. The first kappa shape index (κ1) is 24.0. The molecule has 0 bridgehead atoms. The summed E-state index contributed by atoms with van der Waals surface area (Å²) in [6.07, 6.45) is 0. The topological polar surface area (TPSA) is 76.2 Å². The second kappa shape index (κ2) is 10.7. The maximum atomic E-state index is 12.8. The number of sulfonamides is 1. The lowest BCUT2D eigenvalue weighted by Gasteiger charge is -2.21. The first-order valence-electron chi connectivity index (χ1n) is 9.56. The first-order chi connectivity index (χ1) is 14.2. The van der Waals surface area contributed by atoms with Crippen molar-refractivity contribution in [3.63, 3.8) is 0 Å². The highest BCUT2D eigenvalue weighted by Crippen LogP contribution is 2.24. The lowest BCUT2D eigenvalue weighted by Crippen LogP contribution is -2.32. The summed E-state index contributed by atoms with van der Waals surface area (Å²) in [5.41, 5.74) is 0.136. The number of amides is 1. The lowest BCUT2D eigenvalue weighted by atomic mass is 10.2. The van der Waals surface area contributed by atoms with Crippen LogP contribution in [-0.2, 0) is 10.0 Å². The number of hydrogen-bond acceptors (Lipinski definition) is 5. The standard InChI is InChI=1S/C21H27ClN2O5S/c1-5-24(6-2)30(26,27)18-11-12-20(22)19(15-18)21(25)23(3)13-14-29-17-9-7-16(28-4)8-10-17/h7-12,15H,5-6,13-14H2,1-4H3. The van der Waals surface area contributed by atoms with Gasteiger partial charge in [0.25, 0.3) is 5.91 Å². The molecule has 0 unspecified atom stereocenters. The van der Waals surface area contributed by atoms with Gasteiger partial charge in [-0.25, -0.2) is 8.42 Å². The maximum absolute atomic E-state index is 12.8. The largest absolute Gasteiger partial charge is 0.497 e. The summed E-state index contributed by atoms with van der Waals surface area (Å²) < 4.78 is 37.6. The van der Waals surface area contributed by atoms with Crippen LogP contribution in [0.3, 0.4) is 0 Å². The summed E-state index contributed by atoms with van der Waals surface area (Å²) in [4.78, 5) is 14.3. The number of ether oxygens (including phenoxy) is 2. The molecule has 0 atom stereocenters. The molecule has 0 spiro atoms. The molecule has 0 aliphatic rings. The van der Waals surface area contributed by atoms with Crippen LogP contribution >= 0.6 is 11.6 Å². The second-order valence-corrected chi connectivity index (χ2v) is 8.83. The number of nitrogens with zero attached hydrogens (tertiary/aromatic N) is 2. The molecular formula is C21H27ClN2O5S. The number of carbonyl (C=O) groups is 1. The molecule has 2 aromatic rings. The molecule has 0 aromatic heterocycles. The number of rotatable bonds is 10. The Labute approximate surface area is 183 Å². The van der Waals surface area contributed by atoms with E-state index in [0.717, 1.165) is 5.75 Å². The van der Waals surface area contributed by atoms with E-state index >= 15 is 0 Å². The fourth-order valence-corrected chi connectivity index (χ4v) is 4.50. The molecule has 0 fully saturated rings. The van der Waals surface area contributed by atoms with Crippen LogP contribution in [0.25, 0.3) is 0 Å². The van der Waals surface area contributed by atoms with Crippen LogP contribution in [0.5, 0.6) is 11.5 Å². The van der Waals surface area contributed by atoms with Crippen LogP contribution in [-0.4, -0.2) is 63.9 Å². The maximum Gasteiger partial charge on any atom is 0.255 e. The lowest BCUT2D eigenvalue weighted by molar-refractivity contribution is 0.0773. The van der Waals surface area contributed by atoms with Crippen molar-refractivity contribution >= 4 is 27.5 Å². The van der Waals surface area contributed by atoms with Crippen molar-refractivity contribution in [1.82, 2.24) is 9.21 Å². The minimum Gasteiger partial charge on any atom is -0.497 e. The van der Waals surface area contributed by atoms with Crippen LogP contribution in [0.15, 0.2) is 47.4 Å². The highest BCUT2D eigenvalue weighted by Gasteiger charge is 2.24.